The SMILES string of the molecule is C/C=C\CCCC(=O)O.CCCCC[C@H](O)/C=C/[C@@H]1[C@@H](C)[C@@H](O)C[C@H]1O.NC(CO)(CO)CO. The third-order valence-corrected chi connectivity index (χ3v) is 5.74. The zero-order chi connectivity index (χ0) is 26.6. The molecule has 0 radical (unpaired) electrons. The fraction of sp³-hybridized carbons (Fsp3) is 0.800. The zero-order valence-corrected chi connectivity index (χ0v) is 21.1. The van der Waals surface area contributed by atoms with Crippen LogP contribution in [0.2, 0.25) is 0 Å². The van der Waals surface area contributed by atoms with Gasteiger partial charge in [0.25, 0.3) is 0 Å². The number of hydrogen-bond acceptors (Lipinski definition) is 8. The molecule has 1 saturated carbocycles. The van der Waals surface area contributed by atoms with E-state index >= 15 is 0 Å². The Hall–Kier alpha value is -1.33. The molecule has 1 aliphatic rings. The zero-order valence-electron chi connectivity index (χ0n) is 21.1. The van der Waals surface area contributed by atoms with Crippen LogP contribution in [-0.2, 0) is 4.79 Å². The van der Waals surface area contributed by atoms with Gasteiger partial charge in [0.2, 0.25) is 0 Å². The summed E-state index contributed by atoms with van der Waals surface area (Å²) in [5, 5.41) is 62.3. The number of unbranched alkanes of at least 4 members (excludes halogenated alkanes) is 3. The Morgan fingerprint density at radius 2 is 1.68 bits per heavy atom. The molecule has 5 atom stereocenters. The Balaban J connectivity index is 0. The van der Waals surface area contributed by atoms with E-state index in [0.29, 0.717) is 6.42 Å². The van der Waals surface area contributed by atoms with E-state index in [1.54, 1.807) is 6.08 Å². The molecule has 0 aliphatic heterocycles. The van der Waals surface area contributed by atoms with Gasteiger partial charge in [0.05, 0.1) is 43.7 Å². The summed E-state index contributed by atoms with van der Waals surface area (Å²) < 4.78 is 0. The molecular weight excluding hydrogens is 442 g/mol. The van der Waals surface area contributed by atoms with Crippen molar-refractivity contribution >= 4 is 5.97 Å². The molecule has 9 N–H and O–H groups in total. The number of aliphatic hydroxyl groups is 6. The van der Waals surface area contributed by atoms with Crippen LogP contribution < -0.4 is 5.73 Å². The molecule has 0 amide bonds. The number of aliphatic carboxylic acids is 1. The van der Waals surface area contributed by atoms with Gasteiger partial charge in [-0.2, -0.15) is 0 Å². The van der Waals surface area contributed by atoms with Crippen molar-refractivity contribution in [2.45, 2.75) is 96.0 Å². The highest BCUT2D eigenvalue weighted by molar-refractivity contribution is 5.66. The normalized spacial score (nSPS) is 23.4. The van der Waals surface area contributed by atoms with Gasteiger partial charge in [-0.25, -0.2) is 0 Å². The van der Waals surface area contributed by atoms with Gasteiger partial charge >= 0.3 is 5.97 Å². The molecule has 0 saturated heterocycles. The van der Waals surface area contributed by atoms with Crippen LogP contribution in [0.4, 0.5) is 0 Å². The molecule has 0 aromatic rings. The summed E-state index contributed by atoms with van der Waals surface area (Å²) in [6, 6.07) is 0. The van der Waals surface area contributed by atoms with Crippen LogP contribution in [-0.4, -0.2) is 85.4 Å². The van der Waals surface area contributed by atoms with E-state index in [0.717, 1.165) is 38.5 Å². The van der Waals surface area contributed by atoms with Gasteiger partial charge < -0.3 is 41.5 Å². The Morgan fingerprint density at radius 1 is 1.09 bits per heavy atom. The van der Waals surface area contributed by atoms with E-state index in [9.17, 15) is 20.1 Å². The first-order chi connectivity index (χ1) is 16.0. The van der Waals surface area contributed by atoms with Gasteiger partial charge in [-0.3, -0.25) is 4.79 Å². The lowest BCUT2D eigenvalue weighted by Crippen LogP contribution is -2.50. The topological polar surface area (TPSA) is 185 Å². The predicted molar refractivity (Wildman–Crippen MR) is 133 cm³/mol. The molecule has 34 heavy (non-hydrogen) atoms. The van der Waals surface area contributed by atoms with E-state index in [-0.39, 0.29) is 18.3 Å². The fourth-order valence-corrected chi connectivity index (χ4v) is 3.17. The first kappa shape index (κ1) is 34.8. The van der Waals surface area contributed by atoms with Crippen molar-refractivity contribution < 1.29 is 40.5 Å². The highest BCUT2D eigenvalue weighted by atomic mass is 16.4. The summed E-state index contributed by atoms with van der Waals surface area (Å²) in [5.41, 5.74) is 3.94. The van der Waals surface area contributed by atoms with Crippen LogP contribution in [0.1, 0.15) is 72.1 Å². The molecule has 0 unspecified atom stereocenters. The van der Waals surface area contributed by atoms with Crippen LogP contribution in [0.3, 0.4) is 0 Å². The third kappa shape index (κ3) is 17.2. The second-order valence-corrected chi connectivity index (χ2v) is 8.95. The van der Waals surface area contributed by atoms with Gasteiger partial charge in [-0.05, 0) is 32.1 Å². The fourth-order valence-electron chi connectivity index (χ4n) is 3.17. The lowest BCUT2D eigenvalue weighted by Gasteiger charge is -2.20. The second-order valence-electron chi connectivity index (χ2n) is 8.95. The first-order valence-corrected chi connectivity index (χ1v) is 12.2. The second kappa shape index (κ2) is 21.0. The van der Waals surface area contributed by atoms with E-state index in [1.807, 2.05) is 32.1 Å². The molecule has 0 aromatic carbocycles. The molecule has 0 heterocycles. The molecule has 9 nitrogen and oxygen atoms in total. The van der Waals surface area contributed by atoms with Gasteiger partial charge in [0, 0.05) is 18.8 Å². The summed E-state index contributed by atoms with van der Waals surface area (Å²) in [4.78, 5) is 9.94. The minimum absolute atomic E-state index is 0.0224. The van der Waals surface area contributed by atoms with E-state index in [1.165, 1.54) is 0 Å². The predicted octanol–water partition coefficient (Wildman–Crippen LogP) is 1.34. The number of allylic oxidation sites excluding steroid dienone is 2. The van der Waals surface area contributed by atoms with Crippen molar-refractivity contribution in [1.82, 2.24) is 0 Å². The lowest BCUT2D eigenvalue weighted by atomic mass is 9.94. The smallest absolute Gasteiger partial charge is 0.303 e. The lowest BCUT2D eigenvalue weighted by molar-refractivity contribution is -0.137. The van der Waals surface area contributed by atoms with Crippen LogP contribution in [0.5, 0.6) is 0 Å². The average Bonchev–Trinajstić information content (AvgIpc) is 3.06. The standard InChI is InChI=1S/C14H26O3.C7H12O2.C4H11NO3/c1-3-4-5-6-11(15)7-8-12-10(2)13(16)9-14(12)17;1-2-3-4-5-6-7(8)9;5-4(1-6,2-7)3-8/h7-8,10-17H,3-6,9H2,1-2H3;2-3H,4-6H2,1H3,(H,8,9);6-8H,1-3,5H2/b8-7+;3-2-;/t10-,11+,12-,13+,14-;;/m1../s1. The molecule has 1 aliphatic carbocycles. The molecule has 0 aromatic heterocycles. The maximum Gasteiger partial charge on any atom is 0.303 e. The third-order valence-electron chi connectivity index (χ3n) is 5.74. The molecular formula is C25H49NO8. The van der Waals surface area contributed by atoms with Gasteiger partial charge in [-0.15, -0.1) is 0 Å². The van der Waals surface area contributed by atoms with Crippen molar-refractivity contribution in [3.8, 4) is 0 Å². The Labute approximate surface area is 204 Å². The van der Waals surface area contributed by atoms with Crippen LogP contribution in [0.15, 0.2) is 24.3 Å². The summed E-state index contributed by atoms with van der Waals surface area (Å²) in [5.74, 6) is -0.658. The highest BCUT2D eigenvalue weighted by Gasteiger charge is 2.37. The van der Waals surface area contributed by atoms with Crippen LogP contribution in [0, 0.1) is 11.8 Å². The minimum atomic E-state index is -1.21. The monoisotopic (exact) mass is 491 g/mol. The maximum absolute atomic E-state index is 9.94. The Morgan fingerprint density at radius 3 is 2.06 bits per heavy atom. The van der Waals surface area contributed by atoms with Gasteiger partial charge in [-0.1, -0.05) is 57.4 Å². The van der Waals surface area contributed by atoms with Crippen molar-refractivity contribution in [3.63, 3.8) is 0 Å². The number of aliphatic hydroxyl groups excluding tert-OH is 6. The summed E-state index contributed by atoms with van der Waals surface area (Å²) in [6.07, 6.45) is 12.7. The Bertz CT molecular complexity index is 543. The van der Waals surface area contributed by atoms with E-state index < -0.39 is 49.6 Å². The number of carbonyl (C=O) groups is 1. The van der Waals surface area contributed by atoms with Gasteiger partial charge in [0.15, 0.2) is 0 Å². The molecule has 0 spiro atoms. The largest absolute Gasteiger partial charge is 0.481 e. The van der Waals surface area contributed by atoms with E-state index in [4.69, 9.17) is 26.2 Å². The minimum Gasteiger partial charge on any atom is -0.481 e. The molecule has 9 heteroatoms. The first-order valence-electron chi connectivity index (χ1n) is 12.2. The Kier molecular flexibility index (Phi) is 21.5. The average molecular weight is 492 g/mol. The van der Waals surface area contributed by atoms with Crippen molar-refractivity contribution in [3.05, 3.63) is 24.3 Å². The van der Waals surface area contributed by atoms with Crippen LogP contribution in [0.25, 0.3) is 0 Å². The summed E-state index contributed by atoms with van der Waals surface area (Å²) in [7, 11) is 0. The number of nitrogens with two attached hydrogens (primary N) is 1. The molecule has 0 bridgehead atoms. The summed E-state index contributed by atoms with van der Waals surface area (Å²) >= 11 is 0. The highest BCUT2D eigenvalue weighted by Crippen LogP contribution is 2.33. The number of carboxylic acids is 1. The quantitative estimate of drug-likeness (QED) is 0.139. The number of carboxylic acid groups (broad SMARTS) is 1. The van der Waals surface area contributed by atoms with Crippen LogP contribution >= 0.6 is 0 Å². The van der Waals surface area contributed by atoms with Crippen molar-refractivity contribution in [2.75, 3.05) is 19.8 Å². The molecule has 1 rings (SSSR count). The number of hydrogen-bond donors (Lipinski definition) is 8. The van der Waals surface area contributed by atoms with Crippen molar-refractivity contribution in [2.24, 2.45) is 17.6 Å². The van der Waals surface area contributed by atoms with Crippen molar-refractivity contribution in [1.29, 1.82) is 0 Å². The van der Waals surface area contributed by atoms with E-state index in [2.05, 4.69) is 6.92 Å². The molecule has 1 fully saturated rings. The van der Waals surface area contributed by atoms with Gasteiger partial charge in [0.1, 0.15) is 0 Å². The maximum atomic E-state index is 9.94. The summed E-state index contributed by atoms with van der Waals surface area (Å²) in [6.45, 7) is 4.81. The number of rotatable bonds is 13. The molecule has 202 valence electrons.